The van der Waals surface area contributed by atoms with Crippen molar-refractivity contribution in [3.8, 4) is 22.6 Å². The van der Waals surface area contributed by atoms with Crippen LogP contribution in [0.2, 0.25) is 0 Å². The molecule has 0 spiro atoms. The first-order valence-electron chi connectivity index (χ1n) is 19.4. The fourth-order valence-electron chi connectivity index (χ4n) is 6.59. The zero-order chi connectivity index (χ0) is 38.4. The lowest BCUT2D eigenvalue weighted by atomic mass is 9.99. The van der Waals surface area contributed by atoms with Gasteiger partial charge in [0.05, 0.1) is 20.8 Å². The molecule has 8 aromatic carbocycles. The number of benzene rings is 8. The molecule has 0 radical (unpaired) electrons. The van der Waals surface area contributed by atoms with Crippen LogP contribution >= 0.6 is 0 Å². The number of anilines is 3. The lowest BCUT2D eigenvalue weighted by Gasteiger charge is -2.28. The van der Waals surface area contributed by atoms with Crippen molar-refractivity contribution in [1.82, 2.24) is 4.98 Å². The van der Waals surface area contributed by atoms with Gasteiger partial charge in [-0.15, -0.1) is 0 Å². The van der Waals surface area contributed by atoms with E-state index in [2.05, 4.69) is 0 Å². The molecule has 10 aromatic rings. The van der Waals surface area contributed by atoms with Crippen LogP contribution in [0.4, 0.5) is 17.1 Å². The summed E-state index contributed by atoms with van der Waals surface area (Å²) in [7, 11) is 0. The number of para-hydroxylation sites is 3. The summed E-state index contributed by atoms with van der Waals surface area (Å²) >= 11 is 0. The van der Waals surface area contributed by atoms with E-state index in [-0.39, 0.29) is 34.4 Å². The van der Waals surface area contributed by atoms with Gasteiger partial charge < -0.3 is 13.7 Å². The second-order valence-electron chi connectivity index (χ2n) is 11.8. The summed E-state index contributed by atoms with van der Waals surface area (Å²) in [6.07, 6.45) is 0. The van der Waals surface area contributed by atoms with Gasteiger partial charge in [-0.3, -0.25) is 0 Å². The predicted octanol–water partition coefficient (Wildman–Crippen LogP) is 12.8. The topological polar surface area (TPSA) is 42.4 Å². The number of nitrogens with zero attached hydrogens (tertiary/aromatic N) is 2. The van der Waals surface area contributed by atoms with Crippen LogP contribution in [0.15, 0.2) is 179 Å². The molecule has 0 unspecified atom stereocenters. The van der Waals surface area contributed by atoms with Crippen LogP contribution in [-0.4, -0.2) is 4.98 Å². The standard InChI is InChI=1S/C45H28N2O2/c1-2-10-29(11-3-1)31-18-22-34(23-19-31)47(35-24-20-30-12-4-5-13-32(30)26-35)41-27-33-21-25-37-36-14-6-8-16-42(36)48-44(37)38(33)28-39(41)45-46-40-15-7-9-17-43(40)49-45/h1-28H/i4D,5D,12D,13D,20D,24D,26D. The molecule has 2 heterocycles. The molecular weight excluding hydrogens is 601 g/mol. The Morgan fingerprint density at radius 2 is 1.29 bits per heavy atom. The molecular formula is C45H28N2O2. The van der Waals surface area contributed by atoms with Crippen molar-refractivity contribution in [3.05, 3.63) is 170 Å². The predicted molar refractivity (Wildman–Crippen MR) is 202 cm³/mol. The largest absolute Gasteiger partial charge is 0.455 e. The van der Waals surface area contributed by atoms with E-state index in [1.165, 1.54) is 0 Å². The molecule has 0 aliphatic rings. The van der Waals surface area contributed by atoms with Gasteiger partial charge in [0.1, 0.15) is 16.7 Å². The molecule has 0 aliphatic carbocycles. The molecule has 0 bridgehead atoms. The average molecular weight is 636 g/mol. The van der Waals surface area contributed by atoms with Crippen molar-refractivity contribution in [2.24, 2.45) is 0 Å². The summed E-state index contributed by atoms with van der Waals surface area (Å²) in [6, 6.07) is 37.5. The molecule has 49 heavy (non-hydrogen) atoms. The zero-order valence-electron chi connectivity index (χ0n) is 32.8. The lowest BCUT2D eigenvalue weighted by Crippen LogP contribution is -2.11. The molecule has 4 nitrogen and oxygen atoms in total. The first-order valence-corrected chi connectivity index (χ1v) is 15.9. The van der Waals surface area contributed by atoms with Gasteiger partial charge >= 0.3 is 0 Å². The summed E-state index contributed by atoms with van der Waals surface area (Å²) in [6.45, 7) is 0. The summed E-state index contributed by atoms with van der Waals surface area (Å²) in [5.74, 6) is 0.272. The van der Waals surface area contributed by atoms with Gasteiger partial charge in [0.15, 0.2) is 5.58 Å². The molecule has 230 valence electrons. The summed E-state index contributed by atoms with van der Waals surface area (Å²) < 4.78 is 75.4. The molecule has 0 saturated carbocycles. The van der Waals surface area contributed by atoms with Gasteiger partial charge in [0.2, 0.25) is 5.89 Å². The maximum atomic E-state index is 9.64. The SMILES string of the molecule is [2H]c1c([2H])c([2H])c2c([2H])c(N(c3ccc(-c4ccccc4)cc3)c3cc4ccc5c6ccccc6oc5c4cc3-c3nc4ccccc4o3)c([2H])c([2H])c2c1[2H]. The van der Waals surface area contributed by atoms with Crippen molar-refractivity contribution in [2.45, 2.75) is 0 Å². The van der Waals surface area contributed by atoms with Gasteiger partial charge in [-0.1, -0.05) is 109 Å². The Kier molecular flexibility index (Phi) is 4.76. The molecule has 0 aliphatic heterocycles. The van der Waals surface area contributed by atoms with E-state index in [4.69, 9.17) is 19.3 Å². The van der Waals surface area contributed by atoms with Crippen LogP contribution in [0.3, 0.4) is 0 Å². The van der Waals surface area contributed by atoms with Crippen molar-refractivity contribution in [1.29, 1.82) is 0 Å². The quantitative estimate of drug-likeness (QED) is 0.189. The number of hydrogen-bond donors (Lipinski definition) is 0. The van der Waals surface area contributed by atoms with E-state index in [0.29, 0.717) is 33.6 Å². The number of hydrogen-bond acceptors (Lipinski definition) is 4. The Bertz CT molecular complexity index is 3200. The number of furan rings is 1. The van der Waals surface area contributed by atoms with Gasteiger partial charge in [-0.25, -0.2) is 4.98 Å². The minimum Gasteiger partial charge on any atom is -0.455 e. The number of fused-ring (bicyclic) bond motifs is 7. The highest BCUT2D eigenvalue weighted by atomic mass is 16.3. The van der Waals surface area contributed by atoms with Gasteiger partial charge in [0, 0.05) is 27.5 Å². The Morgan fingerprint density at radius 1 is 0.531 bits per heavy atom. The van der Waals surface area contributed by atoms with Crippen LogP contribution in [0.1, 0.15) is 9.60 Å². The summed E-state index contributed by atoms with van der Waals surface area (Å²) in [5, 5.41) is 3.14. The molecule has 4 heteroatoms. The van der Waals surface area contributed by atoms with Crippen LogP contribution in [0, 0.1) is 0 Å². The van der Waals surface area contributed by atoms with Gasteiger partial charge in [-0.05, 0) is 87.9 Å². The Balaban J connectivity index is 1.33. The van der Waals surface area contributed by atoms with Crippen LogP contribution < -0.4 is 4.90 Å². The number of aromatic nitrogens is 1. The third-order valence-corrected chi connectivity index (χ3v) is 8.93. The Labute approximate surface area is 291 Å². The molecule has 2 aromatic heterocycles. The smallest absolute Gasteiger partial charge is 0.229 e. The molecule has 0 saturated heterocycles. The van der Waals surface area contributed by atoms with E-state index in [1.54, 1.807) is 4.90 Å². The van der Waals surface area contributed by atoms with E-state index in [0.717, 1.165) is 38.3 Å². The highest BCUT2D eigenvalue weighted by Gasteiger charge is 2.23. The van der Waals surface area contributed by atoms with E-state index < -0.39 is 30.2 Å². The normalized spacial score (nSPS) is 13.7. The minimum absolute atomic E-state index is 0.0403. The van der Waals surface area contributed by atoms with Crippen LogP contribution in [0.5, 0.6) is 0 Å². The van der Waals surface area contributed by atoms with E-state index in [9.17, 15) is 4.11 Å². The second-order valence-corrected chi connectivity index (χ2v) is 11.8. The number of rotatable bonds is 5. The summed E-state index contributed by atoms with van der Waals surface area (Å²) in [5.41, 5.74) is 6.00. The van der Waals surface area contributed by atoms with E-state index in [1.807, 2.05) is 127 Å². The first-order chi connectivity index (χ1) is 27.2. The van der Waals surface area contributed by atoms with Gasteiger partial charge in [-0.2, -0.15) is 0 Å². The molecule has 0 amide bonds. The fraction of sp³-hybridized carbons (Fsp3) is 0. The highest BCUT2D eigenvalue weighted by molar-refractivity contribution is 6.16. The Morgan fingerprint density at radius 3 is 2.14 bits per heavy atom. The van der Waals surface area contributed by atoms with Crippen molar-refractivity contribution in [3.63, 3.8) is 0 Å². The fourth-order valence-corrected chi connectivity index (χ4v) is 6.59. The maximum Gasteiger partial charge on any atom is 0.229 e. The van der Waals surface area contributed by atoms with Crippen molar-refractivity contribution < 1.29 is 18.4 Å². The highest BCUT2D eigenvalue weighted by Crippen LogP contribution is 2.46. The van der Waals surface area contributed by atoms with Gasteiger partial charge in [0.25, 0.3) is 0 Å². The zero-order valence-corrected chi connectivity index (χ0v) is 25.8. The van der Waals surface area contributed by atoms with Crippen molar-refractivity contribution in [2.75, 3.05) is 4.90 Å². The average Bonchev–Trinajstić information content (AvgIpc) is 3.84. The monoisotopic (exact) mass is 635 g/mol. The number of oxazole rings is 1. The Hall–Kier alpha value is -6.65. The first kappa shape index (κ1) is 21.3. The third-order valence-electron chi connectivity index (χ3n) is 8.93. The van der Waals surface area contributed by atoms with Crippen LogP contribution in [0.25, 0.3) is 77.2 Å². The molecule has 10 rings (SSSR count). The molecule has 0 N–H and O–H groups in total. The molecule has 0 atom stereocenters. The third kappa shape index (κ3) is 4.57. The van der Waals surface area contributed by atoms with E-state index >= 15 is 0 Å². The van der Waals surface area contributed by atoms with Crippen molar-refractivity contribution >= 4 is 71.6 Å². The lowest BCUT2D eigenvalue weighted by molar-refractivity contribution is 0.620. The molecule has 0 fully saturated rings. The summed E-state index contributed by atoms with van der Waals surface area (Å²) in [4.78, 5) is 6.60. The second kappa shape index (κ2) is 11.0. The van der Waals surface area contributed by atoms with Crippen LogP contribution in [-0.2, 0) is 0 Å². The minimum atomic E-state index is -0.527. The maximum absolute atomic E-state index is 9.64.